The van der Waals surface area contributed by atoms with Crippen LogP contribution < -0.4 is 0 Å². The molecule has 0 aliphatic heterocycles. The molecule has 2 aromatic heterocycles. The van der Waals surface area contributed by atoms with Crippen molar-refractivity contribution in [2.24, 2.45) is 0 Å². The number of nitrogens with zero attached hydrogens (tertiary/aromatic N) is 3. The van der Waals surface area contributed by atoms with E-state index >= 15 is 0 Å². The van der Waals surface area contributed by atoms with Crippen molar-refractivity contribution in [3.8, 4) is 11.5 Å². The predicted octanol–water partition coefficient (Wildman–Crippen LogP) is 2.36. The average Bonchev–Trinajstić information content (AvgIpc) is 3.38. The second-order valence-corrected chi connectivity index (χ2v) is 8.86. The van der Waals surface area contributed by atoms with Crippen LogP contribution in [0.25, 0.3) is 11.5 Å². The Kier molecular flexibility index (Phi) is 6.20. The summed E-state index contributed by atoms with van der Waals surface area (Å²) in [5.41, 5.74) is 1.16. The molecule has 0 aliphatic rings. The molecule has 0 saturated heterocycles. The van der Waals surface area contributed by atoms with Gasteiger partial charge in [-0.25, -0.2) is 8.42 Å². The average molecular weight is 435 g/mol. The van der Waals surface area contributed by atoms with Crippen LogP contribution in [0.4, 0.5) is 0 Å². The zero-order chi connectivity index (χ0) is 21.0. The summed E-state index contributed by atoms with van der Waals surface area (Å²) in [5.74, 6) is -0.455. The Morgan fingerprint density at radius 2 is 1.93 bits per heavy atom. The molecule has 0 atom stereocenters. The van der Waals surface area contributed by atoms with Crippen molar-refractivity contribution in [2.75, 3.05) is 13.6 Å². The van der Waals surface area contributed by atoms with Crippen molar-refractivity contribution in [1.82, 2.24) is 14.4 Å². The quantitative estimate of drug-likeness (QED) is 0.391. The van der Waals surface area contributed by atoms with Crippen molar-refractivity contribution in [1.29, 1.82) is 0 Å². The molecule has 0 spiro atoms. The summed E-state index contributed by atoms with van der Waals surface area (Å²) in [6, 6.07) is 7.29. The first-order chi connectivity index (χ1) is 13.8. The number of thiophene rings is 1. The maximum absolute atomic E-state index is 12.6. The highest BCUT2D eigenvalue weighted by Crippen LogP contribution is 2.20. The van der Waals surface area contributed by atoms with E-state index in [9.17, 15) is 18.0 Å². The smallest absolute Gasteiger partial charge is 0.321 e. The molecule has 11 heteroatoms. The fraction of sp³-hybridized carbons (Fsp3) is 0.222. The number of carbonyl (C=O) groups is 2. The lowest BCUT2D eigenvalue weighted by Gasteiger charge is -2.16. The number of hydrogen-bond donors (Lipinski definition) is 0. The van der Waals surface area contributed by atoms with Gasteiger partial charge in [-0.15, -0.1) is 0 Å². The van der Waals surface area contributed by atoms with Crippen LogP contribution in [0.2, 0.25) is 0 Å². The largest absolute Gasteiger partial charge is 0.456 e. The number of benzene rings is 1. The van der Waals surface area contributed by atoms with E-state index in [2.05, 4.69) is 10.1 Å². The number of esters is 1. The van der Waals surface area contributed by atoms with E-state index < -0.39 is 22.5 Å². The third kappa shape index (κ3) is 4.94. The van der Waals surface area contributed by atoms with Gasteiger partial charge in [-0.05, 0) is 30.5 Å². The molecule has 9 nitrogen and oxygen atoms in total. The van der Waals surface area contributed by atoms with Gasteiger partial charge in [-0.2, -0.15) is 20.6 Å². The highest BCUT2D eigenvalue weighted by Gasteiger charge is 2.24. The molecular weight excluding hydrogens is 418 g/mol. The van der Waals surface area contributed by atoms with Gasteiger partial charge < -0.3 is 9.26 Å². The highest BCUT2D eigenvalue weighted by atomic mass is 32.2. The lowest BCUT2D eigenvalue weighted by Crippen LogP contribution is -2.33. The predicted molar refractivity (Wildman–Crippen MR) is 104 cm³/mol. The topological polar surface area (TPSA) is 120 Å². The van der Waals surface area contributed by atoms with Gasteiger partial charge in [-0.1, -0.05) is 17.3 Å². The number of aromatic nitrogens is 2. The number of ketones is 1. The summed E-state index contributed by atoms with van der Waals surface area (Å²) in [6.07, 6.45) is 0. The van der Waals surface area contributed by atoms with Crippen LogP contribution in [0.3, 0.4) is 0 Å². The number of rotatable bonds is 8. The molecule has 0 amide bonds. The minimum absolute atomic E-state index is 0.0311. The van der Waals surface area contributed by atoms with Crippen LogP contribution in [0.1, 0.15) is 23.1 Å². The van der Waals surface area contributed by atoms with Crippen LogP contribution in [0.15, 0.2) is 50.5 Å². The molecule has 3 aromatic rings. The molecule has 0 saturated carbocycles. The van der Waals surface area contributed by atoms with Gasteiger partial charge in [0.25, 0.3) is 5.89 Å². The molecule has 0 bridgehead atoms. The van der Waals surface area contributed by atoms with E-state index in [-0.39, 0.29) is 23.1 Å². The van der Waals surface area contributed by atoms with Crippen LogP contribution in [-0.2, 0) is 26.2 Å². The van der Waals surface area contributed by atoms with Crippen molar-refractivity contribution in [3.05, 3.63) is 52.5 Å². The molecule has 152 valence electrons. The molecule has 0 aliphatic carbocycles. The van der Waals surface area contributed by atoms with Crippen LogP contribution in [-0.4, -0.2) is 48.2 Å². The molecule has 1 aromatic carbocycles. The Balaban J connectivity index is 1.57. The molecule has 0 fully saturated rings. The first-order valence-corrected chi connectivity index (χ1v) is 10.7. The Morgan fingerprint density at radius 1 is 1.21 bits per heavy atom. The number of carbonyl (C=O) groups excluding carboxylic acids is 2. The SMILES string of the molecule is CC(=O)c1ccc(S(=O)(=O)N(C)CC(=O)OCc2noc(-c3ccsc3)n2)cc1. The summed E-state index contributed by atoms with van der Waals surface area (Å²) in [7, 11) is -2.65. The maximum Gasteiger partial charge on any atom is 0.321 e. The van der Waals surface area contributed by atoms with Gasteiger partial charge in [0.05, 0.1) is 10.5 Å². The fourth-order valence-electron chi connectivity index (χ4n) is 2.32. The number of sulfonamides is 1. The summed E-state index contributed by atoms with van der Waals surface area (Å²) >= 11 is 1.48. The highest BCUT2D eigenvalue weighted by molar-refractivity contribution is 7.89. The lowest BCUT2D eigenvalue weighted by molar-refractivity contribution is -0.145. The zero-order valence-electron chi connectivity index (χ0n) is 15.6. The van der Waals surface area contributed by atoms with Crippen molar-refractivity contribution in [3.63, 3.8) is 0 Å². The summed E-state index contributed by atoms with van der Waals surface area (Å²) in [4.78, 5) is 27.4. The molecule has 29 heavy (non-hydrogen) atoms. The lowest BCUT2D eigenvalue weighted by atomic mass is 10.2. The Morgan fingerprint density at radius 3 is 2.55 bits per heavy atom. The van der Waals surface area contributed by atoms with Gasteiger partial charge in [0, 0.05) is 18.0 Å². The summed E-state index contributed by atoms with van der Waals surface area (Å²) in [6.45, 7) is 0.651. The summed E-state index contributed by atoms with van der Waals surface area (Å²) in [5, 5.41) is 7.43. The van der Waals surface area contributed by atoms with E-state index in [4.69, 9.17) is 9.26 Å². The Labute approximate surface area is 171 Å². The Bertz CT molecular complexity index is 1100. The van der Waals surface area contributed by atoms with Crippen molar-refractivity contribution >= 4 is 33.1 Å². The molecule has 0 radical (unpaired) electrons. The Hall–Kier alpha value is -2.89. The van der Waals surface area contributed by atoms with E-state index in [1.807, 2.05) is 16.8 Å². The summed E-state index contributed by atoms with van der Waals surface area (Å²) < 4.78 is 36.1. The van der Waals surface area contributed by atoms with Crippen LogP contribution in [0.5, 0.6) is 0 Å². The zero-order valence-corrected chi connectivity index (χ0v) is 17.2. The number of likely N-dealkylation sites (N-methyl/N-ethyl adjacent to an activating group) is 1. The van der Waals surface area contributed by atoms with Crippen molar-refractivity contribution < 1.29 is 27.3 Å². The normalized spacial score (nSPS) is 11.6. The standard InChI is InChI=1S/C18H17N3O6S2/c1-12(22)13-3-5-15(6-4-13)29(24,25)21(2)9-17(23)26-10-16-19-18(27-20-16)14-7-8-28-11-14/h3-8,11H,9-10H2,1-2H3. The van der Waals surface area contributed by atoms with E-state index in [0.29, 0.717) is 11.5 Å². The second-order valence-electron chi connectivity index (χ2n) is 6.03. The van der Waals surface area contributed by atoms with Gasteiger partial charge in [0.1, 0.15) is 6.54 Å². The molecular formula is C18H17N3O6S2. The number of hydrogen-bond acceptors (Lipinski definition) is 9. The monoisotopic (exact) mass is 435 g/mol. The van der Waals surface area contributed by atoms with Crippen LogP contribution in [0, 0.1) is 0 Å². The third-order valence-electron chi connectivity index (χ3n) is 3.92. The van der Waals surface area contributed by atoms with Gasteiger partial charge in [0.15, 0.2) is 12.4 Å². The number of Topliss-reactive ketones (excluding diaryl/α,β-unsaturated/α-hetero) is 1. The molecule has 3 rings (SSSR count). The van der Waals surface area contributed by atoms with Gasteiger partial charge in [0.2, 0.25) is 15.8 Å². The van der Waals surface area contributed by atoms with E-state index in [1.165, 1.54) is 49.6 Å². The first-order valence-electron chi connectivity index (χ1n) is 8.35. The third-order valence-corrected chi connectivity index (χ3v) is 6.42. The maximum atomic E-state index is 12.6. The number of ether oxygens (including phenoxy) is 1. The van der Waals surface area contributed by atoms with E-state index in [1.54, 1.807) is 0 Å². The molecule has 0 N–H and O–H groups in total. The fourth-order valence-corrected chi connectivity index (χ4v) is 4.06. The second kappa shape index (κ2) is 8.64. The molecule has 0 unspecified atom stereocenters. The van der Waals surface area contributed by atoms with Crippen LogP contribution >= 0.6 is 11.3 Å². The first kappa shape index (κ1) is 20.8. The minimum atomic E-state index is -3.91. The van der Waals surface area contributed by atoms with Gasteiger partial charge >= 0.3 is 5.97 Å². The minimum Gasteiger partial charge on any atom is -0.456 e. The van der Waals surface area contributed by atoms with Crippen molar-refractivity contribution in [2.45, 2.75) is 18.4 Å². The molecule has 2 heterocycles. The van der Waals surface area contributed by atoms with E-state index in [0.717, 1.165) is 9.87 Å². The van der Waals surface area contributed by atoms with Gasteiger partial charge in [-0.3, -0.25) is 9.59 Å².